The summed E-state index contributed by atoms with van der Waals surface area (Å²) in [6.45, 7) is 3.19. The van der Waals surface area contributed by atoms with Crippen LogP contribution in [0.1, 0.15) is 11.1 Å². The standard InChI is InChI=1S/C12H9F3O2/c1-2-17-11(16)8-5-9-3-6-10(7-4-9)12(13,14)15/h2-8H,1H2. The van der Waals surface area contributed by atoms with E-state index >= 15 is 0 Å². The van der Waals surface area contributed by atoms with E-state index in [-0.39, 0.29) is 0 Å². The number of halogens is 3. The Morgan fingerprint density at radius 1 is 1.24 bits per heavy atom. The minimum atomic E-state index is -4.36. The Hall–Kier alpha value is -2.04. The molecule has 0 aliphatic carbocycles. The normalized spacial score (nSPS) is 11.5. The van der Waals surface area contributed by atoms with Crippen molar-refractivity contribution in [3.63, 3.8) is 0 Å². The fourth-order valence-electron chi connectivity index (χ4n) is 1.07. The Kier molecular flexibility index (Phi) is 4.09. The second kappa shape index (κ2) is 5.34. The highest BCUT2D eigenvalue weighted by atomic mass is 19.4. The zero-order chi connectivity index (χ0) is 12.9. The number of alkyl halides is 3. The van der Waals surface area contributed by atoms with E-state index in [4.69, 9.17) is 0 Å². The first kappa shape index (κ1) is 13.0. The van der Waals surface area contributed by atoms with Crippen molar-refractivity contribution in [2.24, 2.45) is 0 Å². The van der Waals surface area contributed by atoms with Crippen LogP contribution in [0.3, 0.4) is 0 Å². The molecule has 0 radical (unpaired) electrons. The van der Waals surface area contributed by atoms with Crippen molar-refractivity contribution < 1.29 is 22.7 Å². The maximum atomic E-state index is 12.2. The summed E-state index contributed by atoms with van der Waals surface area (Å²) < 4.78 is 41.1. The Labute approximate surface area is 96.0 Å². The van der Waals surface area contributed by atoms with Crippen LogP contribution in [0.25, 0.3) is 6.08 Å². The van der Waals surface area contributed by atoms with Crippen molar-refractivity contribution in [2.75, 3.05) is 0 Å². The molecule has 0 spiro atoms. The number of hydrogen-bond acceptors (Lipinski definition) is 2. The molecule has 0 atom stereocenters. The quantitative estimate of drug-likeness (QED) is 0.461. The third-order valence-electron chi connectivity index (χ3n) is 1.85. The molecule has 0 saturated heterocycles. The largest absolute Gasteiger partial charge is 0.432 e. The summed E-state index contributed by atoms with van der Waals surface area (Å²) >= 11 is 0. The smallest absolute Gasteiger partial charge is 0.416 e. The number of carbonyl (C=O) groups is 1. The van der Waals surface area contributed by atoms with Crippen LogP contribution in [0.15, 0.2) is 43.2 Å². The molecule has 17 heavy (non-hydrogen) atoms. The zero-order valence-electron chi connectivity index (χ0n) is 8.70. The number of ether oxygens (including phenoxy) is 1. The Morgan fingerprint density at radius 2 is 1.82 bits per heavy atom. The Balaban J connectivity index is 2.75. The monoisotopic (exact) mass is 242 g/mol. The van der Waals surface area contributed by atoms with Crippen LogP contribution in [-0.4, -0.2) is 5.97 Å². The van der Waals surface area contributed by atoms with E-state index in [2.05, 4.69) is 11.3 Å². The predicted molar refractivity (Wildman–Crippen MR) is 56.8 cm³/mol. The summed E-state index contributed by atoms with van der Waals surface area (Å²) in [5, 5.41) is 0. The summed E-state index contributed by atoms with van der Waals surface area (Å²) in [5.74, 6) is -0.639. The van der Waals surface area contributed by atoms with E-state index < -0.39 is 17.7 Å². The molecule has 0 fully saturated rings. The van der Waals surface area contributed by atoms with Crippen LogP contribution < -0.4 is 0 Å². The van der Waals surface area contributed by atoms with Gasteiger partial charge < -0.3 is 4.74 Å². The molecule has 1 aromatic rings. The Bertz CT molecular complexity index is 430. The van der Waals surface area contributed by atoms with Gasteiger partial charge in [0, 0.05) is 6.08 Å². The van der Waals surface area contributed by atoms with Gasteiger partial charge in [-0.05, 0) is 23.8 Å². The van der Waals surface area contributed by atoms with Crippen LogP contribution in [0.5, 0.6) is 0 Å². The fraction of sp³-hybridized carbons (Fsp3) is 0.0833. The van der Waals surface area contributed by atoms with Gasteiger partial charge in [-0.2, -0.15) is 13.2 Å². The fourth-order valence-corrected chi connectivity index (χ4v) is 1.07. The van der Waals surface area contributed by atoms with Gasteiger partial charge in [0.1, 0.15) is 0 Å². The number of carbonyl (C=O) groups excluding carboxylic acids is 1. The van der Waals surface area contributed by atoms with Crippen molar-refractivity contribution in [2.45, 2.75) is 6.18 Å². The van der Waals surface area contributed by atoms with Crippen LogP contribution in [0, 0.1) is 0 Å². The SMILES string of the molecule is C=COC(=O)C=Cc1ccc(C(F)(F)F)cc1. The molecule has 0 saturated carbocycles. The molecule has 0 unspecified atom stereocenters. The molecule has 0 amide bonds. The summed E-state index contributed by atoms with van der Waals surface area (Å²) in [4.78, 5) is 10.9. The van der Waals surface area contributed by atoms with Crippen molar-refractivity contribution >= 4 is 12.0 Å². The summed E-state index contributed by atoms with van der Waals surface area (Å²) in [7, 11) is 0. The Morgan fingerprint density at radius 3 is 2.29 bits per heavy atom. The summed E-state index contributed by atoms with van der Waals surface area (Å²) in [5.41, 5.74) is -0.262. The van der Waals surface area contributed by atoms with Crippen LogP contribution in [0.4, 0.5) is 13.2 Å². The van der Waals surface area contributed by atoms with Gasteiger partial charge in [-0.1, -0.05) is 18.7 Å². The van der Waals surface area contributed by atoms with Gasteiger partial charge in [-0.25, -0.2) is 4.79 Å². The summed E-state index contributed by atoms with van der Waals surface area (Å²) in [6.07, 6.45) is -0.931. The van der Waals surface area contributed by atoms with E-state index in [0.717, 1.165) is 24.5 Å². The van der Waals surface area contributed by atoms with E-state index in [9.17, 15) is 18.0 Å². The molecule has 0 aliphatic heterocycles. The van der Waals surface area contributed by atoms with Crippen molar-refractivity contribution in [3.8, 4) is 0 Å². The molecule has 1 rings (SSSR count). The number of rotatable bonds is 3. The van der Waals surface area contributed by atoms with Crippen molar-refractivity contribution in [1.29, 1.82) is 0 Å². The van der Waals surface area contributed by atoms with Gasteiger partial charge in [0.25, 0.3) is 0 Å². The van der Waals surface area contributed by atoms with Crippen molar-refractivity contribution in [3.05, 3.63) is 54.3 Å². The minimum absolute atomic E-state index is 0.471. The van der Waals surface area contributed by atoms with Crippen molar-refractivity contribution in [1.82, 2.24) is 0 Å². The van der Waals surface area contributed by atoms with Crippen LogP contribution in [0.2, 0.25) is 0 Å². The molecule has 5 heteroatoms. The van der Waals surface area contributed by atoms with Crippen LogP contribution >= 0.6 is 0 Å². The highest BCUT2D eigenvalue weighted by Crippen LogP contribution is 2.29. The average molecular weight is 242 g/mol. The van der Waals surface area contributed by atoms with E-state index in [1.165, 1.54) is 18.2 Å². The lowest BCUT2D eigenvalue weighted by atomic mass is 10.1. The van der Waals surface area contributed by atoms with Gasteiger partial charge >= 0.3 is 12.1 Å². The maximum Gasteiger partial charge on any atom is 0.416 e. The molecule has 2 nitrogen and oxygen atoms in total. The highest BCUT2D eigenvalue weighted by molar-refractivity contribution is 5.87. The first-order chi connectivity index (χ1) is 7.93. The molecule has 0 aromatic heterocycles. The molecule has 0 aliphatic rings. The highest BCUT2D eigenvalue weighted by Gasteiger charge is 2.29. The van der Waals surface area contributed by atoms with Gasteiger partial charge in [-0.3, -0.25) is 0 Å². The first-order valence-corrected chi connectivity index (χ1v) is 4.60. The zero-order valence-corrected chi connectivity index (χ0v) is 8.70. The second-order valence-corrected chi connectivity index (χ2v) is 3.06. The second-order valence-electron chi connectivity index (χ2n) is 3.06. The van der Waals surface area contributed by atoms with Gasteiger partial charge in [-0.15, -0.1) is 0 Å². The minimum Gasteiger partial charge on any atom is -0.432 e. The van der Waals surface area contributed by atoms with Gasteiger partial charge in [0.05, 0.1) is 11.8 Å². The van der Waals surface area contributed by atoms with E-state index in [1.807, 2.05) is 0 Å². The number of benzene rings is 1. The average Bonchev–Trinajstić information content (AvgIpc) is 2.26. The molecular weight excluding hydrogens is 233 g/mol. The van der Waals surface area contributed by atoms with E-state index in [0.29, 0.717) is 5.56 Å². The number of hydrogen-bond donors (Lipinski definition) is 0. The molecular formula is C12H9F3O2. The summed E-state index contributed by atoms with van der Waals surface area (Å²) in [6, 6.07) is 4.41. The van der Waals surface area contributed by atoms with E-state index in [1.54, 1.807) is 0 Å². The van der Waals surface area contributed by atoms with Crippen LogP contribution in [-0.2, 0) is 15.7 Å². The third kappa shape index (κ3) is 4.14. The molecule has 1 aromatic carbocycles. The molecule has 0 bridgehead atoms. The maximum absolute atomic E-state index is 12.2. The van der Waals surface area contributed by atoms with Gasteiger partial charge in [0.2, 0.25) is 0 Å². The lowest BCUT2D eigenvalue weighted by Gasteiger charge is -2.05. The molecule has 0 N–H and O–H groups in total. The predicted octanol–water partition coefficient (Wildman–Crippen LogP) is 3.41. The lowest BCUT2D eigenvalue weighted by molar-refractivity contribution is -0.137. The topological polar surface area (TPSA) is 26.3 Å². The van der Waals surface area contributed by atoms with Gasteiger partial charge in [0.15, 0.2) is 0 Å². The first-order valence-electron chi connectivity index (χ1n) is 4.60. The molecule has 0 heterocycles. The number of esters is 1. The lowest BCUT2D eigenvalue weighted by Crippen LogP contribution is -2.04. The third-order valence-corrected chi connectivity index (χ3v) is 1.85. The molecule has 90 valence electrons.